The van der Waals surface area contributed by atoms with Gasteiger partial charge in [0.1, 0.15) is 5.52 Å². The predicted octanol–water partition coefficient (Wildman–Crippen LogP) is 3.36. The van der Waals surface area contributed by atoms with Gasteiger partial charge in [-0.15, -0.1) is 0 Å². The normalized spacial score (nSPS) is 17.9. The van der Waals surface area contributed by atoms with Crippen molar-refractivity contribution in [3.8, 4) is 6.07 Å². The molecule has 2 fully saturated rings. The lowest BCUT2D eigenvalue weighted by Gasteiger charge is -2.33. The summed E-state index contributed by atoms with van der Waals surface area (Å²) in [6.45, 7) is 4.18. The summed E-state index contributed by atoms with van der Waals surface area (Å²) in [4.78, 5) is 51.3. The second kappa shape index (κ2) is 10.4. The average molecular weight is 500 g/mol. The van der Waals surface area contributed by atoms with Gasteiger partial charge in [-0.1, -0.05) is 6.07 Å². The molecule has 2 aromatic heterocycles. The summed E-state index contributed by atoms with van der Waals surface area (Å²) in [6.07, 6.45) is 6.29. The van der Waals surface area contributed by atoms with E-state index in [-0.39, 0.29) is 17.9 Å². The standard InChI is InChI=1S/C27H29N7O3/c1-18(35)33-12-6-9-22(17-33)34-24-23(14-21(16-29-24)26(37)32-10-3-2-4-11-32)30-27(34)31-25(36)20-8-5-7-19(13-20)15-28/h5,7-8,13-14,16,22H,2-4,6,9-12,17H2,1H3,(H,30,31,36). The van der Waals surface area contributed by atoms with Crippen LogP contribution in [0.2, 0.25) is 0 Å². The molecule has 1 unspecified atom stereocenters. The molecular weight excluding hydrogens is 470 g/mol. The molecule has 2 saturated heterocycles. The minimum atomic E-state index is -0.405. The fourth-order valence-corrected chi connectivity index (χ4v) is 5.17. The van der Waals surface area contributed by atoms with E-state index < -0.39 is 5.91 Å². The third-order valence-corrected chi connectivity index (χ3v) is 7.11. The Labute approximate surface area is 214 Å². The number of nitrogens with one attached hydrogen (secondary N) is 1. The molecule has 37 heavy (non-hydrogen) atoms. The number of anilines is 1. The predicted molar refractivity (Wildman–Crippen MR) is 137 cm³/mol. The molecule has 4 heterocycles. The van der Waals surface area contributed by atoms with Gasteiger partial charge in [0.05, 0.1) is 23.2 Å². The maximum atomic E-state index is 13.1. The molecule has 190 valence electrons. The number of imidazole rings is 1. The van der Waals surface area contributed by atoms with Gasteiger partial charge in [0.15, 0.2) is 5.65 Å². The van der Waals surface area contributed by atoms with Crippen molar-refractivity contribution in [3.05, 3.63) is 53.2 Å². The Kier molecular flexibility index (Phi) is 6.86. The van der Waals surface area contributed by atoms with Crippen molar-refractivity contribution in [2.45, 2.75) is 45.1 Å². The zero-order valence-electron chi connectivity index (χ0n) is 20.8. The maximum Gasteiger partial charge on any atom is 0.258 e. The summed E-state index contributed by atoms with van der Waals surface area (Å²) in [5.41, 5.74) is 2.23. The van der Waals surface area contributed by atoms with Gasteiger partial charge in [-0.25, -0.2) is 9.97 Å². The molecule has 0 aliphatic carbocycles. The lowest BCUT2D eigenvalue weighted by atomic mass is 10.1. The molecule has 3 amide bonds. The molecule has 2 aliphatic rings. The van der Waals surface area contributed by atoms with Crippen molar-refractivity contribution in [2.75, 3.05) is 31.5 Å². The van der Waals surface area contributed by atoms with Crippen molar-refractivity contribution in [1.29, 1.82) is 5.26 Å². The monoisotopic (exact) mass is 499 g/mol. The fourth-order valence-electron chi connectivity index (χ4n) is 5.17. The first-order valence-corrected chi connectivity index (χ1v) is 12.7. The number of rotatable bonds is 4. The van der Waals surface area contributed by atoms with Gasteiger partial charge in [0.25, 0.3) is 11.8 Å². The highest BCUT2D eigenvalue weighted by Crippen LogP contribution is 2.30. The molecule has 2 aliphatic heterocycles. The van der Waals surface area contributed by atoms with Crippen molar-refractivity contribution in [1.82, 2.24) is 24.3 Å². The molecule has 10 heteroatoms. The number of carbonyl (C=O) groups is 3. The zero-order chi connectivity index (χ0) is 25.9. The van der Waals surface area contributed by atoms with Gasteiger partial charge in [-0.3, -0.25) is 24.3 Å². The van der Waals surface area contributed by atoms with Gasteiger partial charge in [-0.05, 0) is 56.4 Å². The van der Waals surface area contributed by atoms with Crippen LogP contribution in [0.25, 0.3) is 11.2 Å². The zero-order valence-corrected chi connectivity index (χ0v) is 20.8. The number of amides is 3. The van der Waals surface area contributed by atoms with Crippen LogP contribution < -0.4 is 5.32 Å². The number of aromatic nitrogens is 3. The Hall–Kier alpha value is -4.26. The van der Waals surface area contributed by atoms with E-state index >= 15 is 0 Å². The molecule has 10 nitrogen and oxygen atoms in total. The Morgan fingerprint density at radius 1 is 1.03 bits per heavy atom. The van der Waals surface area contributed by atoms with E-state index in [1.165, 1.54) is 6.07 Å². The largest absolute Gasteiger partial charge is 0.341 e. The maximum absolute atomic E-state index is 13.1. The number of nitrogens with zero attached hydrogens (tertiary/aromatic N) is 6. The number of fused-ring (bicyclic) bond motifs is 1. The van der Waals surface area contributed by atoms with Crippen molar-refractivity contribution < 1.29 is 14.4 Å². The Morgan fingerprint density at radius 2 is 1.81 bits per heavy atom. The molecular formula is C27H29N7O3. The molecule has 3 aromatic rings. The van der Waals surface area contributed by atoms with Gasteiger partial charge < -0.3 is 9.80 Å². The van der Waals surface area contributed by atoms with Crippen LogP contribution in [0.1, 0.15) is 71.3 Å². The number of benzene rings is 1. The third kappa shape index (κ3) is 5.03. The first-order valence-electron chi connectivity index (χ1n) is 12.7. The van der Waals surface area contributed by atoms with Crippen molar-refractivity contribution in [3.63, 3.8) is 0 Å². The van der Waals surface area contributed by atoms with E-state index in [4.69, 9.17) is 0 Å². The lowest BCUT2D eigenvalue weighted by molar-refractivity contribution is -0.130. The molecule has 0 saturated carbocycles. The van der Waals surface area contributed by atoms with Crippen molar-refractivity contribution >= 4 is 34.8 Å². The van der Waals surface area contributed by atoms with Gasteiger partial charge in [0.2, 0.25) is 11.9 Å². The highest BCUT2D eigenvalue weighted by molar-refractivity contribution is 6.04. The quantitative estimate of drug-likeness (QED) is 0.587. The van der Waals surface area contributed by atoms with E-state index in [9.17, 15) is 19.6 Å². The van der Waals surface area contributed by atoms with Crippen LogP contribution >= 0.6 is 0 Å². The number of hydrogen-bond donors (Lipinski definition) is 1. The van der Waals surface area contributed by atoms with Crippen LogP contribution in [-0.4, -0.2) is 68.2 Å². The molecule has 1 N–H and O–H groups in total. The summed E-state index contributed by atoms with van der Waals surface area (Å²) < 4.78 is 1.87. The van der Waals surface area contributed by atoms with Gasteiger partial charge in [0, 0.05) is 44.9 Å². The highest BCUT2D eigenvalue weighted by atomic mass is 16.2. The number of nitriles is 1. The lowest BCUT2D eigenvalue weighted by Crippen LogP contribution is -2.39. The number of hydrogen-bond acceptors (Lipinski definition) is 6. The summed E-state index contributed by atoms with van der Waals surface area (Å²) in [5.74, 6) is -0.177. The summed E-state index contributed by atoms with van der Waals surface area (Å²) >= 11 is 0. The summed E-state index contributed by atoms with van der Waals surface area (Å²) in [6, 6.07) is 10.1. The Bertz CT molecular complexity index is 1400. The molecule has 0 radical (unpaired) electrons. The van der Waals surface area contributed by atoms with Gasteiger partial charge in [-0.2, -0.15) is 5.26 Å². The van der Waals surface area contributed by atoms with Crippen LogP contribution in [0.4, 0.5) is 5.95 Å². The second-order valence-electron chi connectivity index (χ2n) is 9.63. The molecule has 0 bridgehead atoms. The minimum absolute atomic E-state index is 0.00426. The Morgan fingerprint density at radius 3 is 2.57 bits per heavy atom. The van der Waals surface area contributed by atoms with E-state index in [1.807, 2.05) is 15.5 Å². The first-order chi connectivity index (χ1) is 17.9. The molecule has 0 spiro atoms. The van der Waals surface area contributed by atoms with Crippen LogP contribution in [0.15, 0.2) is 36.5 Å². The van der Waals surface area contributed by atoms with Crippen LogP contribution in [0.3, 0.4) is 0 Å². The number of pyridine rings is 1. The number of likely N-dealkylation sites (tertiary alicyclic amines) is 2. The minimum Gasteiger partial charge on any atom is -0.341 e. The highest BCUT2D eigenvalue weighted by Gasteiger charge is 2.29. The van der Waals surface area contributed by atoms with E-state index in [0.717, 1.165) is 45.2 Å². The number of carbonyl (C=O) groups excluding carboxylic acids is 3. The van der Waals surface area contributed by atoms with Crippen LogP contribution in [0, 0.1) is 11.3 Å². The topological polar surface area (TPSA) is 124 Å². The van der Waals surface area contributed by atoms with Gasteiger partial charge >= 0.3 is 0 Å². The van der Waals surface area contributed by atoms with Crippen molar-refractivity contribution in [2.24, 2.45) is 0 Å². The SMILES string of the molecule is CC(=O)N1CCCC(n2c(NC(=O)c3cccc(C#N)c3)nc3cc(C(=O)N4CCCCC4)cnc32)C1. The smallest absolute Gasteiger partial charge is 0.258 e. The number of piperidine rings is 2. The first kappa shape index (κ1) is 24.4. The average Bonchev–Trinajstić information content (AvgIpc) is 3.30. The second-order valence-corrected chi connectivity index (χ2v) is 9.63. The fraction of sp³-hybridized carbons (Fsp3) is 0.407. The Balaban J connectivity index is 1.52. The third-order valence-electron chi connectivity index (χ3n) is 7.11. The van der Waals surface area contributed by atoms with E-state index in [1.54, 1.807) is 42.3 Å². The van der Waals surface area contributed by atoms with E-state index in [0.29, 0.717) is 46.9 Å². The van der Waals surface area contributed by atoms with Crippen LogP contribution in [0.5, 0.6) is 0 Å². The molecule has 5 rings (SSSR count). The molecule has 1 aromatic carbocycles. The summed E-state index contributed by atoms with van der Waals surface area (Å²) in [5, 5.41) is 12.1. The molecule has 1 atom stereocenters. The summed E-state index contributed by atoms with van der Waals surface area (Å²) in [7, 11) is 0. The van der Waals surface area contributed by atoms with Crippen LogP contribution in [-0.2, 0) is 4.79 Å². The van der Waals surface area contributed by atoms with E-state index in [2.05, 4.69) is 15.3 Å².